The number of esters is 1. The molecule has 0 saturated carbocycles. The van der Waals surface area contributed by atoms with Gasteiger partial charge in [-0.2, -0.15) is 21.9 Å². The summed E-state index contributed by atoms with van der Waals surface area (Å²) in [6, 6.07) is 2.61. The van der Waals surface area contributed by atoms with Gasteiger partial charge in [0.15, 0.2) is 0 Å². The molecule has 1 aromatic heterocycles. The lowest BCUT2D eigenvalue weighted by atomic mass is 9.93. The summed E-state index contributed by atoms with van der Waals surface area (Å²) in [5, 5.41) is 4.34. The molecule has 4 atom stereocenters. The number of nitrogens with two attached hydrogens (primary N) is 1. The lowest BCUT2D eigenvalue weighted by Gasteiger charge is -2.38. The summed E-state index contributed by atoms with van der Waals surface area (Å²) in [5.41, 5.74) is 7.81. The van der Waals surface area contributed by atoms with Crippen LogP contribution in [0.3, 0.4) is 0 Å². The highest BCUT2D eigenvalue weighted by atomic mass is 32.2. The fourth-order valence-corrected chi connectivity index (χ4v) is 6.45. The number of ether oxygens (including phenoxy) is 3. The third-order valence-corrected chi connectivity index (χ3v) is 8.70. The Morgan fingerprint density at radius 3 is 2.81 bits per heavy atom. The Morgan fingerprint density at radius 1 is 1.27 bits per heavy atom. The van der Waals surface area contributed by atoms with Crippen LogP contribution in [0.2, 0.25) is 0 Å². The van der Waals surface area contributed by atoms with Crippen LogP contribution in [0.15, 0.2) is 24.4 Å². The van der Waals surface area contributed by atoms with Gasteiger partial charge in [-0.15, -0.1) is 0 Å². The van der Waals surface area contributed by atoms with Crippen LogP contribution < -0.4 is 5.73 Å². The molecule has 0 radical (unpaired) electrons. The SMILES string of the molecule is COC(=O)CC1CN(S(=O)(=O)n2cc3c(n2)CN([C@H]2CO[C@H](c4cc(F)ccc4F)[C@@H](N)C2)C3)CCO1. The number of methoxy groups -OCH3 is 1. The predicted molar refractivity (Wildman–Crippen MR) is 125 cm³/mol. The van der Waals surface area contributed by atoms with Gasteiger partial charge in [0.2, 0.25) is 0 Å². The molecule has 5 rings (SSSR count). The van der Waals surface area contributed by atoms with Crippen molar-refractivity contribution in [1.29, 1.82) is 0 Å². The summed E-state index contributed by atoms with van der Waals surface area (Å²) in [6.07, 6.45) is 0.630. The van der Waals surface area contributed by atoms with Crippen LogP contribution in [0, 0.1) is 11.6 Å². The van der Waals surface area contributed by atoms with Crippen molar-refractivity contribution in [2.45, 2.75) is 50.2 Å². The second-order valence-corrected chi connectivity index (χ2v) is 11.3. The van der Waals surface area contributed by atoms with Crippen molar-refractivity contribution >= 4 is 16.2 Å². The number of benzene rings is 1. The smallest absolute Gasteiger partial charge is 0.323 e. The molecule has 2 saturated heterocycles. The quantitative estimate of drug-likeness (QED) is 0.525. The average molecular weight is 542 g/mol. The Kier molecular flexibility index (Phi) is 7.31. The maximum atomic E-state index is 14.2. The topological polar surface area (TPSA) is 129 Å². The van der Waals surface area contributed by atoms with Crippen molar-refractivity contribution in [2.24, 2.45) is 5.73 Å². The molecule has 1 aromatic carbocycles. The number of carbonyl (C=O) groups excluding carboxylic acids is 1. The van der Waals surface area contributed by atoms with E-state index in [0.29, 0.717) is 25.2 Å². The normalized spacial score (nSPS) is 27.2. The molecule has 37 heavy (non-hydrogen) atoms. The summed E-state index contributed by atoms with van der Waals surface area (Å²) < 4.78 is 72.5. The van der Waals surface area contributed by atoms with E-state index in [2.05, 4.69) is 14.7 Å². The highest BCUT2D eigenvalue weighted by Gasteiger charge is 2.39. The molecular weight excluding hydrogens is 512 g/mol. The van der Waals surface area contributed by atoms with E-state index < -0.39 is 46.1 Å². The molecule has 11 nitrogen and oxygen atoms in total. The van der Waals surface area contributed by atoms with Crippen molar-refractivity contribution in [2.75, 3.05) is 33.4 Å². The van der Waals surface area contributed by atoms with E-state index in [1.165, 1.54) is 17.6 Å². The summed E-state index contributed by atoms with van der Waals surface area (Å²) in [7, 11) is -2.67. The first kappa shape index (κ1) is 26.1. The fraction of sp³-hybridized carbons (Fsp3) is 0.565. The number of fused-ring (bicyclic) bond motifs is 1. The average Bonchev–Trinajstić information content (AvgIpc) is 3.46. The summed E-state index contributed by atoms with van der Waals surface area (Å²) in [4.78, 5) is 13.7. The number of halogens is 2. The van der Waals surface area contributed by atoms with Crippen LogP contribution >= 0.6 is 0 Å². The van der Waals surface area contributed by atoms with Gasteiger partial charge in [0.25, 0.3) is 0 Å². The molecule has 202 valence electrons. The third-order valence-electron chi connectivity index (χ3n) is 7.05. The van der Waals surface area contributed by atoms with Crippen LogP contribution in [0.25, 0.3) is 0 Å². The number of nitrogens with zero attached hydrogens (tertiary/aromatic N) is 4. The van der Waals surface area contributed by atoms with Gasteiger partial charge in [-0.3, -0.25) is 9.69 Å². The molecule has 14 heteroatoms. The van der Waals surface area contributed by atoms with Gasteiger partial charge in [-0.25, -0.2) is 8.78 Å². The Labute approximate surface area is 213 Å². The Balaban J connectivity index is 1.21. The summed E-state index contributed by atoms with van der Waals surface area (Å²) in [6.45, 7) is 1.48. The minimum absolute atomic E-state index is 0.0263. The number of rotatable bonds is 6. The van der Waals surface area contributed by atoms with Gasteiger partial charge >= 0.3 is 16.2 Å². The van der Waals surface area contributed by atoms with Crippen LogP contribution in [0.1, 0.15) is 35.8 Å². The lowest BCUT2D eigenvalue weighted by molar-refractivity contribution is -0.145. The molecule has 4 heterocycles. The maximum Gasteiger partial charge on any atom is 0.323 e. The fourth-order valence-electron chi connectivity index (χ4n) is 5.09. The molecule has 0 amide bonds. The number of morpholine rings is 1. The minimum atomic E-state index is -3.93. The van der Waals surface area contributed by atoms with Crippen LogP contribution in [0.4, 0.5) is 8.78 Å². The van der Waals surface area contributed by atoms with Gasteiger partial charge in [0.1, 0.15) is 17.7 Å². The van der Waals surface area contributed by atoms with Crippen molar-refractivity contribution in [3.8, 4) is 0 Å². The van der Waals surface area contributed by atoms with E-state index in [1.54, 1.807) is 0 Å². The summed E-state index contributed by atoms with van der Waals surface area (Å²) in [5.74, 6) is -1.59. The first-order valence-electron chi connectivity index (χ1n) is 12.0. The van der Waals surface area contributed by atoms with Gasteiger partial charge in [-0.1, -0.05) is 0 Å². The molecular formula is C23H29F2N5O6S. The standard InChI is InChI=1S/C23H29F2N5O6S/c1-34-22(31)8-17-11-29(4-5-35-17)37(32,33)30-10-14-9-28(12-21(14)27-30)16-7-20(26)23(36-13-16)18-6-15(24)2-3-19(18)25/h2-3,6,10,16-17,20,23H,4-5,7-9,11-13,26H2,1H3/t16-,17?,20+,23-/m1/s1. The van der Waals surface area contributed by atoms with Crippen molar-refractivity contribution in [3.63, 3.8) is 0 Å². The monoisotopic (exact) mass is 541 g/mol. The zero-order valence-corrected chi connectivity index (χ0v) is 21.1. The van der Waals surface area contributed by atoms with E-state index in [1.807, 2.05) is 0 Å². The van der Waals surface area contributed by atoms with Crippen molar-refractivity contribution in [3.05, 3.63) is 52.9 Å². The lowest BCUT2D eigenvalue weighted by Crippen LogP contribution is -2.48. The zero-order valence-electron chi connectivity index (χ0n) is 20.3. The van der Waals surface area contributed by atoms with Gasteiger partial charge in [0.05, 0.1) is 38.5 Å². The third kappa shape index (κ3) is 5.26. The number of hydrogen-bond acceptors (Lipinski definition) is 9. The molecule has 2 aromatic rings. The molecule has 3 aliphatic rings. The maximum absolute atomic E-state index is 14.2. The van der Waals surface area contributed by atoms with Crippen molar-refractivity contribution < 1.29 is 36.2 Å². The molecule has 0 aliphatic carbocycles. The summed E-state index contributed by atoms with van der Waals surface area (Å²) >= 11 is 0. The molecule has 0 spiro atoms. The molecule has 2 N–H and O–H groups in total. The Hall–Kier alpha value is -2.49. The Morgan fingerprint density at radius 2 is 2.08 bits per heavy atom. The molecule has 2 fully saturated rings. The van der Waals surface area contributed by atoms with Crippen molar-refractivity contribution in [1.82, 2.24) is 18.4 Å². The first-order chi connectivity index (χ1) is 17.7. The van der Waals surface area contributed by atoms with E-state index in [4.69, 9.17) is 15.2 Å². The highest BCUT2D eigenvalue weighted by Crippen LogP contribution is 2.34. The van der Waals surface area contributed by atoms with Crippen LogP contribution in [0.5, 0.6) is 0 Å². The molecule has 1 unspecified atom stereocenters. The second-order valence-electron chi connectivity index (χ2n) is 9.49. The van der Waals surface area contributed by atoms with Crippen LogP contribution in [-0.2, 0) is 42.3 Å². The van der Waals surface area contributed by atoms with E-state index >= 15 is 0 Å². The van der Waals surface area contributed by atoms with Crippen LogP contribution in [-0.4, -0.2) is 84.4 Å². The Bertz CT molecular complexity index is 1250. The number of aromatic nitrogens is 2. The number of hydrogen-bond donors (Lipinski definition) is 1. The predicted octanol–water partition coefficient (Wildman–Crippen LogP) is 0.691. The van der Waals surface area contributed by atoms with Gasteiger partial charge < -0.3 is 19.9 Å². The largest absolute Gasteiger partial charge is 0.469 e. The molecule has 0 bridgehead atoms. The van der Waals surface area contributed by atoms with E-state index in [9.17, 15) is 22.0 Å². The minimum Gasteiger partial charge on any atom is -0.469 e. The first-order valence-corrected chi connectivity index (χ1v) is 13.4. The molecule has 3 aliphatic heterocycles. The van der Waals surface area contributed by atoms with E-state index in [-0.39, 0.29) is 44.3 Å². The second kappa shape index (κ2) is 10.3. The highest BCUT2D eigenvalue weighted by molar-refractivity contribution is 7.87. The van der Waals surface area contributed by atoms with Gasteiger partial charge in [-0.05, 0) is 24.6 Å². The van der Waals surface area contributed by atoms with E-state index in [0.717, 1.165) is 27.8 Å². The zero-order chi connectivity index (χ0) is 26.3. The number of carbonyl (C=O) groups is 1. The van der Waals surface area contributed by atoms with Gasteiger partial charge in [0, 0.05) is 55.6 Å².